The van der Waals surface area contributed by atoms with E-state index >= 15 is 0 Å². The van der Waals surface area contributed by atoms with E-state index in [0.717, 1.165) is 12.1 Å². The number of sulfone groups is 1. The molecule has 0 saturated carbocycles. The van der Waals surface area contributed by atoms with Gasteiger partial charge in [-0.15, -0.1) is 0 Å². The molecular formula is C10H10F3NO2S. The zero-order valence-electron chi connectivity index (χ0n) is 8.66. The number of benzene rings is 1. The topological polar surface area (TPSA) is 46.2 Å². The Labute approximate surface area is 96.6 Å². The van der Waals surface area contributed by atoms with Crippen molar-refractivity contribution in [2.24, 2.45) is 0 Å². The van der Waals surface area contributed by atoms with Crippen LogP contribution in [0.4, 0.5) is 13.2 Å². The summed E-state index contributed by atoms with van der Waals surface area (Å²) in [5, 5.41) is 2.98. The first kappa shape index (κ1) is 12.4. The Kier molecular flexibility index (Phi) is 2.90. The third-order valence-corrected chi connectivity index (χ3v) is 4.21. The normalized spacial score (nSPS) is 17.8. The second kappa shape index (κ2) is 3.99. The molecule has 1 heterocycles. The fourth-order valence-corrected chi connectivity index (χ4v) is 2.41. The van der Waals surface area contributed by atoms with Gasteiger partial charge in [-0.05, 0) is 17.7 Å². The minimum atomic E-state index is -5.25. The molecule has 0 aliphatic carbocycles. The molecule has 1 aromatic rings. The SMILES string of the molecule is O=S(=O)(c1cccc(C2CNC2)c1)C(F)(F)F. The van der Waals surface area contributed by atoms with Crippen molar-refractivity contribution in [1.82, 2.24) is 5.32 Å². The molecular weight excluding hydrogens is 255 g/mol. The molecule has 1 fully saturated rings. The highest BCUT2D eigenvalue weighted by molar-refractivity contribution is 7.92. The Morgan fingerprint density at radius 3 is 2.35 bits per heavy atom. The number of nitrogens with one attached hydrogen (secondary N) is 1. The lowest BCUT2D eigenvalue weighted by atomic mass is 9.94. The van der Waals surface area contributed by atoms with E-state index in [1.165, 1.54) is 6.07 Å². The fraction of sp³-hybridized carbons (Fsp3) is 0.400. The van der Waals surface area contributed by atoms with Crippen LogP contribution in [-0.4, -0.2) is 27.0 Å². The molecule has 1 aliphatic heterocycles. The van der Waals surface area contributed by atoms with Crippen LogP contribution in [-0.2, 0) is 9.84 Å². The maximum atomic E-state index is 12.3. The number of hydrogen-bond acceptors (Lipinski definition) is 3. The smallest absolute Gasteiger partial charge is 0.315 e. The summed E-state index contributed by atoms with van der Waals surface area (Å²) in [7, 11) is -5.24. The summed E-state index contributed by atoms with van der Waals surface area (Å²) in [6.07, 6.45) is 0. The van der Waals surface area contributed by atoms with Gasteiger partial charge in [0.05, 0.1) is 4.90 Å². The minimum Gasteiger partial charge on any atom is -0.315 e. The van der Waals surface area contributed by atoms with Crippen LogP contribution in [0.25, 0.3) is 0 Å². The highest BCUT2D eigenvalue weighted by Crippen LogP contribution is 2.32. The van der Waals surface area contributed by atoms with Gasteiger partial charge in [0, 0.05) is 19.0 Å². The summed E-state index contributed by atoms with van der Waals surface area (Å²) in [5.41, 5.74) is -4.63. The van der Waals surface area contributed by atoms with Gasteiger partial charge in [0.1, 0.15) is 0 Å². The Hall–Kier alpha value is -1.08. The van der Waals surface area contributed by atoms with Crippen LogP contribution in [0.2, 0.25) is 0 Å². The first-order chi connectivity index (χ1) is 7.82. The molecule has 17 heavy (non-hydrogen) atoms. The molecule has 1 aliphatic rings. The van der Waals surface area contributed by atoms with Crippen LogP contribution in [0.5, 0.6) is 0 Å². The van der Waals surface area contributed by atoms with E-state index in [9.17, 15) is 21.6 Å². The van der Waals surface area contributed by atoms with Crippen LogP contribution >= 0.6 is 0 Å². The van der Waals surface area contributed by atoms with Crippen molar-refractivity contribution in [3.05, 3.63) is 29.8 Å². The zero-order valence-corrected chi connectivity index (χ0v) is 9.48. The van der Waals surface area contributed by atoms with E-state index in [0.29, 0.717) is 18.7 Å². The Morgan fingerprint density at radius 1 is 1.24 bits per heavy atom. The summed E-state index contributed by atoms with van der Waals surface area (Å²) in [4.78, 5) is -0.686. The van der Waals surface area contributed by atoms with Crippen molar-refractivity contribution in [2.75, 3.05) is 13.1 Å². The minimum absolute atomic E-state index is 0.0957. The van der Waals surface area contributed by atoms with Gasteiger partial charge in [0.15, 0.2) is 0 Å². The second-order valence-corrected chi connectivity index (χ2v) is 5.82. The van der Waals surface area contributed by atoms with E-state index in [-0.39, 0.29) is 5.92 Å². The van der Waals surface area contributed by atoms with Crippen LogP contribution < -0.4 is 5.32 Å². The molecule has 0 spiro atoms. The summed E-state index contributed by atoms with van der Waals surface area (Å²) in [6, 6.07) is 5.06. The van der Waals surface area contributed by atoms with Crippen molar-refractivity contribution in [1.29, 1.82) is 0 Å². The lowest BCUT2D eigenvalue weighted by molar-refractivity contribution is -0.0436. The third-order valence-electron chi connectivity index (χ3n) is 2.73. The predicted octanol–water partition coefficient (Wildman–Crippen LogP) is 1.67. The maximum Gasteiger partial charge on any atom is 0.501 e. The van der Waals surface area contributed by atoms with Gasteiger partial charge in [-0.25, -0.2) is 8.42 Å². The van der Waals surface area contributed by atoms with Gasteiger partial charge in [-0.2, -0.15) is 13.2 Å². The molecule has 0 unspecified atom stereocenters. The van der Waals surface area contributed by atoms with Crippen molar-refractivity contribution < 1.29 is 21.6 Å². The molecule has 0 bridgehead atoms. The van der Waals surface area contributed by atoms with Crippen LogP contribution in [0.1, 0.15) is 11.5 Å². The maximum absolute atomic E-state index is 12.3. The van der Waals surface area contributed by atoms with E-state index in [1.54, 1.807) is 6.07 Å². The first-order valence-corrected chi connectivity index (χ1v) is 6.43. The first-order valence-electron chi connectivity index (χ1n) is 4.94. The van der Waals surface area contributed by atoms with Crippen molar-refractivity contribution in [3.63, 3.8) is 0 Å². The third kappa shape index (κ3) is 2.16. The Morgan fingerprint density at radius 2 is 1.88 bits per heavy atom. The zero-order chi connectivity index (χ0) is 12.7. The summed E-state index contributed by atoms with van der Waals surface area (Å²) < 4.78 is 59.4. The number of rotatable bonds is 2. The Bertz CT molecular complexity index is 521. The molecule has 0 atom stereocenters. The molecule has 1 N–H and O–H groups in total. The lowest BCUT2D eigenvalue weighted by Gasteiger charge is -2.27. The average molecular weight is 265 g/mol. The van der Waals surface area contributed by atoms with Crippen LogP contribution in [0.15, 0.2) is 29.2 Å². The molecule has 2 rings (SSSR count). The molecule has 1 aromatic carbocycles. The predicted molar refractivity (Wildman–Crippen MR) is 55.3 cm³/mol. The van der Waals surface area contributed by atoms with E-state index in [2.05, 4.69) is 5.32 Å². The van der Waals surface area contributed by atoms with Crippen LogP contribution in [0.3, 0.4) is 0 Å². The monoisotopic (exact) mass is 265 g/mol. The van der Waals surface area contributed by atoms with E-state index in [1.807, 2.05) is 0 Å². The summed E-state index contributed by atoms with van der Waals surface area (Å²) >= 11 is 0. The van der Waals surface area contributed by atoms with Crippen molar-refractivity contribution in [3.8, 4) is 0 Å². The van der Waals surface area contributed by atoms with Gasteiger partial charge in [0.2, 0.25) is 0 Å². The standard InChI is InChI=1S/C10H10F3NO2S/c11-10(12,13)17(15,16)9-3-1-2-7(4-9)8-5-14-6-8/h1-4,8,14H,5-6H2. The molecule has 1 saturated heterocycles. The lowest BCUT2D eigenvalue weighted by Crippen LogP contribution is -2.39. The Balaban J connectivity index is 2.40. The van der Waals surface area contributed by atoms with E-state index in [4.69, 9.17) is 0 Å². The quantitative estimate of drug-likeness (QED) is 0.884. The van der Waals surface area contributed by atoms with Gasteiger partial charge in [0.25, 0.3) is 9.84 Å². The summed E-state index contributed by atoms with van der Waals surface area (Å²) in [5.74, 6) is 0.0957. The number of alkyl halides is 3. The molecule has 7 heteroatoms. The van der Waals surface area contributed by atoms with E-state index < -0.39 is 20.2 Å². The number of halogens is 3. The molecule has 94 valence electrons. The highest BCUT2D eigenvalue weighted by Gasteiger charge is 2.47. The van der Waals surface area contributed by atoms with Gasteiger partial charge in [-0.1, -0.05) is 12.1 Å². The molecule has 0 amide bonds. The van der Waals surface area contributed by atoms with Crippen molar-refractivity contribution >= 4 is 9.84 Å². The van der Waals surface area contributed by atoms with Crippen molar-refractivity contribution in [2.45, 2.75) is 16.3 Å². The number of hydrogen-bond donors (Lipinski definition) is 1. The van der Waals surface area contributed by atoms with Gasteiger partial charge in [-0.3, -0.25) is 0 Å². The van der Waals surface area contributed by atoms with Gasteiger partial charge < -0.3 is 5.32 Å². The molecule has 0 aromatic heterocycles. The fourth-order valence-electron chi connectivity index (χ4n) is 1.59. The highest BCUT2D eigenvalue weighted by atomic mass is 32.2. The molecule has 0 radical (unpaired) electrons. The molecule has 3 nitrogen and oxygen atoms in total. The average Bonchev–Trinajstić information content (AvgIpc) is 2.13. The van der Waals surface area contributed by atoms with Gasteiger partial charge >= 0.3 is 5.51 Å². The van der Waals surface area contributed by atoms with Crippen LogP contribution in [0, 0.1) is 0 Å². The largest absolute Gasteiger partial charge is 0.501 e. The summed E-state index contributed by atoms with van der Waals surface area (Å²) in [6.45, 7) is 1.32. The second-order valence-electron chi connectivity index (χ2n) is 3.88.